The number of hydrogen-bond donors (Lipinski definition) is 2. The third-order valence-electron chi connectivity index (χ3n) is 1.72. The molecular weight excluding hydrogens is 186 g/mol. The fourth-order valence-corrected chi connectivity index (χ4v) is 1.00. The van der Waals surface area contributed by atoms with Crippen LogP contribution in [0.25, 0.3) is 0 Å². The Bertz CT molecular complexity index is 362. The van der Waals surface area contributed by atoms with Gasteiger partial charge in [0.2, 0.25) is 0 Å². The van der Waals surface area contributed by atoms with Crippen LogP contribution < -0.4 is 5.48 Å². The second-order valence-electron chi connectivity index (χ2n) is 2.52. The first-order chi connectivity index (χ1) is 6.72. The highest BCUT2D eigenvalue weighted by Gasteiger charge is 2.08. The fourth-order valence-electron chi connectivity index (χ4n) is 1.00. The SMILES string of the molecule is COC(=O)c1ccc(C=O)c(NO)c1. The van der Waals surface area contributed by atoms with Crippen molar-refractivity contribution >= 4 is 17.9 Å². The van der Waals surface area contributed by atoms with E-state index in [1.807, 2.05) is 5.48 Å². The van der Waals surface area contributed by atoms with Crippen LogP contribution in [0.4, 0.5) is 5.69 Å². The van der Waals surface area contributed by atoms with Crippen molar-refractivity contribution in [3.05, 3.63) is 29.3 Å². The highest BCUT2D eigenvalue weighted by atomic mass is 16.5. The van der Waals surface area contributed by atoms with Crippen LogP contribution in [0.5, 0.6) is 0 Å². The molecule has 14 heavy (non-hydrogen) atoms. The predicted octanol–water partition coefficient (Wildman–Crippen LogP) is 1.09. The van der Waals surface area contributed by atoms with E-state index in [1.165, 1.54) is 25.3 Å². The average Bonchev–Trinajstić information content (AvgIpc) is 2.26. The van der Waals surface area contributed by atoms with Crippen molar-refractivity contribution in [2.45, 2.75) is 0 Å². The standard InChI is InChI=1S/C9H9NO4/c1-14-9(12)6-2-3-7(5-11)8(4-6)10-13/h2-5,10,13H,1H3. The lowest BCUT2D eigenvalue weighted by molar-refractivity contribution is 0.0600. The topological polar surface area (TPSA) is 75.6 Å². The Hall–Kier alpha value is -1.88. The Balaban J connectivity index is 3.13. The Kier molecular flexibility index (Phi) is 3.19. The molecule has 0 aliphatic rings. The summed E-state index contributed by atoms with van der Waals surface area (Å²) in [4.78, 5) is 21.5. The Labute approximate surface area is 80.3 Å². The quantitative estimate of drug-likeness (QED) is 0.429. The normalized spacial score (nSPS) is 9.29. The van der Waals surface area contributed by atoms with Gasteiger partial charge in [0.1, 0.15) is 0 Å². The lowest BCUT2D eigenvalue weighted by Gasteiger charge is -2.04. The molecule has 0 aromatic heterocycles. The summed E-state index contributed by atoms with van der Waals surface area (Å²) in [5.74, 6) is -0.529. The van der Waals surface area contributed by atoms with Crippen LogP contribution in [0.3, 0.4) is 0 Å². The highest BCUT2D eigenvalue weighted by molar-refractivity contribution is 5.93. The van der Waals surface area contributed by atoms with Crippen LogP contribution in [-0.2, 0) is 4.74 Å². The van der Waals surface area contributed by atoms with Crippen LogP contribution in [0, 0.1) is 0 Å². The van der Waals surface area contributed by atoms with Crippen molar-refractivity contribution < 1.29 is 19.5 Å². The van der Waals surface area contributed by atoms with Gasteiger partial charge in [-0.3, -0.25) is 15.5 Å². The average molecular weight is 195 g/mol. The lowest BCUT2D eigenvalue weighted by Crippen LogP contribution is -2.03. The first kappa shape index (κ1) is 10.2. The van der Waals surface area contributed by atoms with Crippen LogP contribution in [-0.4, -0.2) is 24.6 Å². The molecule has 0 atom stereocenters. The van der Waals surface area contributed by atoms with Gasteiger partial charge >= 0.3 is 5.97 Å². The third-order valence-corrected chi connectivity index (χ3v) is 1.72. The summed E-state index contributed by atoms with van der Waals surface area (Å²) in [7, 11) is 1.25. The smallest absolute Gasteiger partial charge is 0.337 e. The number of carbonyl (C=O) groups excluding carboxylic acids is 2. The molecule has 5 heteroatoms. The minimum Gasteiger partial charge on any atom is -0.465 e. The van der Waals surface area contributed by atoms with Crippen molar-refractivity contribution in [1.29, 1.82) is 0 Å². The van der Waals surface area contributed by atoms with Crippen LogP contribution in [0.1, 0.15) is 20.7 Å². The molecule has 0 aliphatic heterocycles. The monoisotopic (exact) mass is 195 g/mol. The number of ether oxygens (including phenoxy) is 1. The van der Waals surface area contributed by atoms with Crippen molar-refractivity contribution in [3.8, 4) is 0 Å². The van der Waals surface area contributed by atoms with Gasteiger partial charge in [0.25, 0.3) is 0 Å². The Morgan fingerprint density at radius 1 is 1.57 bits per heavy atom. The summed E-state index contributed by atoms with van der Waals surface area (Å²) in [5, 5.41) is 8.67. The van der Waals surface area contributed by atoms with Gasteiger partial charge in [0.15, 0.2) is 6.29 Å². The van der Waals surface area contributed by atoms with Gasteiger partial charge in [-0.05, 0) is 18.2 Å². The van der Waals surface area contributed by atoms with Gasteiger partial charge in [0, 0.05) is 5.56 Å². The third kappa shape index (κ3) is 1.89. The van der Waals surface area contributed by atoms with Gasteiger partial charge in [-0.1, -0.05) is 0 Å². The maximum Gasteiger partial charge on any atom is 0.337 e. The summed E-state index contributed by atoms with van der Waals surface area (Å²) in [6.07, 6.45) is 0.569. The molecule has 0 unspecified atom stereocenters. The van der Waals surface area contributed by atoms with Crippen molar-refractivity contribution in [2.75, 3.05) is 12.6 Å². The summed E-state index contributed by atoms with van der Waals surface area (Å²) in [5.41, 5.74) is 2.52. The largest absolute Gasteiger partial charge is 0.465 e. The molecule has 0 radical (unpaired) electrons. The summed E-state index contributed by atoms with van der Waals surface area (Å²) in [6, 6.07) is 4.18. The van der Waals surface area contributed by atoms with E-state index in [4.69, 9.17) is 5.21 Å². The second kappa shape index (κ2) is 4.38. The van der Waals surface area contributed by atoms with E-state index in [0.29, 0.717) is 6.29 Å². The minimum atomic E-state index is -0.529. The molecule has 0 bridgehead atoms. The van der Waals surface area contributed by atoms with Crippen molar-refractivity contribution in [1.82, 2.24) is 0 Å². The number of hydrogen-bond acceptors (Lipinski definition) is 5. The molecule has 1 aromatic carbocycles. The molecule has 0 amide bonds. The van der Waals surface area contributed by atoms with E-state index in [9.17, 15) is 9.59 Å². The number of esters is 1. The maximum absolute atomic E-state index is 11.1. The summed E-state index contributed by atoms with van der Waals surface area (Å²) in [6.45, 7) is 0. The summed E-state index contributed by atoms with van der Waals surface area (Å²) < 4.78 is 4.47. The number of carbonyl (C=O) groups is 2. The van der Waals surface area contributed by atoms with Gasteiger partial charge < -0.3 is 4.74 Å². The molecule has 0 heterocycles. The zero-order chi connectivity index (χ0) is 10.6. The number of aldehydes is 1. The summed E-state index contributed by atoms with van der Waals surface area (Å²) >= 11 is 0. The first-order valence-electron chi connectivity index (χ1n) is 3.80. The maximum atomic E-state index is 11.1. The number of methoxy groups -OCH3 is 1. The lowest BCUT2D eigenvalue weighted by atomic mass is 10.1. The van der Waals surface area contributed by atoms with E-state index in [2.05, 4.69) is 4.74 Å². The van der Waals surface area contributed by atoms with Crippen molar-refractivity contribution in [2.24, 2.45) is 0 Å². The molecule has 1 aromatic rings. The number of nitrogens with one attached hydrogen (secondary N) is 1. The first-order valence-corrected chi connectivity index (χ1v) is 3.80. The molecule has 1 rings (SSSR count). The minimum absolute atomic E-state index is 0.169. The zero-order valence-corrected chi connectivity index (χ0v) is 7.48. The van der Waals surface area contributed by atoms with Crippen LogP contribution in [0.15, 0.2) is 18.2 Å². The fraction of sp³-hybridized carbons (Fsp3) is 0.111. The molecule has 0 aliphatic carbocycles. The van der Waals surface area contributed by atoms with E-state index >= 15 is 0 Å². The molecule has 0 spiro atoms. The Morgan fingerprint density at radius 3 is 2.79 bits per heavy atom. The predicted molar refractivity (Wildman–Crippen MR) is 48.6 cm³/mol. The van der Waals surface area contributed by atoms with E-state index in [1.54, 1.807) is 0 Å². The molecule has 74 valence electrons. The molecule has 0 fully saturated rings. The number of anilines is 1. The molecule has 2 N–H and O–H groups in total. The van der Waals surface area contributed by atoms with E-state index in [0.717, 1.165) is 0 Å². The van der Waals surface area contributed by atoms with Crippen LogP contribution in [0.2, 0.25) is 0 Å². The molecule has 5 nitrogen and oxygen atoms in total. The van der Waals surface area contributed by atoms with E-state index < -0.39 is 5.97 Å². The number of rotatable bonds is 3. The van der Waals surface area contributed by atoms with Gasteiger partial charge in [-0.15, -0.1) is 0 Å². The Morgan fingerprint density at radius 2 is 2.29 bits per heavy atom. The van der Waals surface area contributed by atoms with E-state index in [-0.39, 0.29) is 16.8 Å². The van der Waals surface area contributed by atoms with Gasteiger partial charge in [0.05, 0.1) is 18.4 Å². The number of benzene rings is 1. The molecular formula is C9H9NO4. The van der Waals surface area contributed by atoms with Crippen LogP contribution >= 0.6 is 0 Å². The van der Waals surface area contributed by atoms with Gasteiger partial charge in [-0.2, -0.15) is 0 Å². The zero-order valence-electron chi connectivity index (χ0n) is 7.48. The molecule has 0 saturated heterocycles. The second-order valence-corrected chi connectivity index (χ2v) is 2.52. The molecule has 0 saturated carbocycles. The van der Waals surface area contributed by atoms with Crippen molar-refractivity contribution in [3.63, 3.8) is 0 Å². The van der Waals surface area contributed by atoms with Gasteiger partial charge in [-0.25, -0.2) is 4.79 Å². The highest BCUT2D eigenvalue weighted by Crippen LogP contribution is 2.15.